The molecule has 5 unspecified atom stereocenters. The van der Waals surface area contributed by atoms with E-state index in [1.54, 1.807) is 0 Å². The maximum atomic E-state index is 12.9. The van der Waals surface area contributed by atoms with E-state index in [0.29, 0.717) is 30.0 Å². The lowest BCUT2D eigenvalue weighted by molar-refractivity contribution is -0.141. The molecule has 0 saturated carbocycles. The summed E-state index contributed by atoms with van der Waals surface area (Å²) < 4.78 is 12.2. The molecule has 3 N–H and O–H groups in total. The molecular formula is C25H43NO4. The number of Topliss-reactive ketones (excluding diaryl/α,β-unsaturated/α-hetero) is 1. The lowest BCUT2D eigenvalue weighted by atomic mass is 9.69. The third-order valence-electron chi connectivity index (χ3n) is 6.17. The molecule has 0 aliphatic rings. The van der Waals surface area contributed by atoms with Gasteiger partial charge in [0.05, 0.1) is 12.2 Å². The Bertz CT molecular complexity index is 645. The summed E-state index contributed by atoms with van der Waals surface area (Å²) in [6, 6.07) is 5.57. The molecule has 5 atom stereocenters. The Balaban J connectivity index is 3.60. The summed E-state index contributed by atoms with van der Waals surface area (Å²) in [7, 11) is 0. The SMILES string of the molecule is CCC(C)Oc1cc(OC(C)CC)cc(C(O)(C(C)CCN)C(C)C(=O)C(C)C)c1. The standard InChI is InChI=1S/C25H43NO4/c1-9-18(6)29-22-13-21(14-23(15-22)30-19(7)10-2)25(28,17(5)11-12-26)20(8)24(27)16(3)4/h13-20,28H,9-12,26H2,1-8H3. The first-order chi connectivity index (χ1) is 14.0. The van der Waals surface area contributed by atoms with Crippen molar-refractivity contribution in [2.75, 3.05) is 6.54 Å². The number of hydrogen-bond acceptors (Lipinski definition) is 5. The molecule has 5 heteroatoms. The van der Waals surface area contributed by atoms with E-state index in [1.165, 1.54) is 0 Å². The van der Waals surface area contributed by atoms with Gasteiger partial charge in [0, 0.05) is 17.9 Å². The van der Waals surface area contributed by atoms with Crippen LogP contribution in [0.2, 0.25) is 0 Å². The molecule has 0 amide bonds. The fourth-order valence-corrected chi connectivity index (χ4v) is 3.72. The lowest BCUT2D eigenvalue weighted by Gasteiger charge is -2.40. The molecule has 0 spiro atoms. The highest BCUT2D eigenvalue weighted by molar-refractivity contribution is 5.84. The zero-order chi connectivity index (χ0) is 23.1. The average molecular weight is 422 g/mol. The average Bonchev–Trinajstić information content (AvgIpc) is 2.71. The van der Waals surface area contributed by atoms with Gasteiger partial charge in [-0.3, -0.25) is 4.79 Å². The predicted octanol–water partition coefficient (Wildman–Crippen LogP) is 5.07. The second-order valence-electron chi connectivity index (χ2n) is 8.95. The quantitative estimate of drug-likeness (QED) is 0.464. The van der Waals surface area contributed by atoms with Gasteiger partial charge in [-0.25, -0.2) is 0 Å². The van der Waals surface area contributed by atoms with E-state index in [-0.39, 0.29) is 29.8 Å². The van der Waals surface area contributed by atoms with Crippen LogP contribution >= 0.6 is 0 Å². The van der Waals surface area contributed by atoms with Crippen LogP contribution in [0.3, 0.4) is 0 Å². The van der Waals surface area contributed by atoms with Gasteiger partial charge in [0.2, 0.25) is 0 Å². The van der Waals surface area contributed by atoms with E-state index < -0.39 is 11.5 Å². The van der Waals surface area contributed by atoms with Crippen molar-refractivity contribution in [1.29, 1.82) is 0 Å². The fourth-order valence-electron chi connectivity index (χ4n) is 3.72. The number of nitrogens with two attached hydrogens (primary N) is 1. The minimum Gasteiger partial charge on any atom is -0.491 e. The second-order valence-corrected chi connectivity index (χ2v) is 8.95. The van der Waals surface area contributed by atoms with Gasteiger partial charge in [0.1, 0.15) is 22.9 Å². The first kappa shape index (κ1) is 26.4. The summed E-state index contributed by atoms with van der Waals surface area (Å²) >= 11 is 0. The van der Waals surface area contributed by atoms with Gasteiger partial charge in [-0.15, -0.1) is 0 Å². The topological polar surface area (TPSA) is 81.8 Å². The molecule has 0 aliphatic carbocycles. The number of ether oxygens (including phenoxy) is 2. The van der Waals surface area contributed by atoms with Crippen LogP contribution in [0.4, 0.5) is 0 Å². The van der Waals surface area contributed by atoms with Crippen LogP contribution < -0.4 is 15.2 Å². The number of carbonyl (C=O) groups is 1. The van der Waals surface area contributed by atoms with Crippen LogP contribution in [0, 0.1) is 17.8 Å². The molecule has 1 aromatic rings. The minimum absolute atomic E-state index is 0.0269. The lowest BCUT2D eigenvalue weighted by Crippen LogP contribution is -2.45. The summed E-state index contributed by atoms with van der Waals surface area (Å²) in [6.45, 7) is 16.1. The van der Waals surface area contributed by atoms with Gasteiger partial charge in [0.25, 0.3) is 0 Å². The largest absolute Gasteiger partial charge is 0.491 e. The zero-order valence-corrected chi connectivity index (χ0v) is 20.2. The van der Waals surface area contributed by atoms with Crippen LogP contribution in [0.25, 0.3) is 0 Å². The van der Waals surface area contributed by atoms with E-state index in [4.69, 9.17) is 15.2 Å². The van der Waals surface area contributed by atoms with E-state index in [1.807, 2.05) is 59.7 Å². The third kappa shape index (κ3) is 6.45. The monoisotopic (exact) mass is 421 g/mol. The second kappa shape index (κ2) is 11.7. The predicted molar refractivity (Wildman–Crippen MR) is 123 cm³/mol. The summed E-state index contributed by atoms with van der Waals surface area (Å²) in [4.78, 5) is 12.9. The van der Waals surface area contributed by atoms with Crippen molar-refractivity contribution in [2.24, 2.45) is 23.5 Å². The molecule has 0 aliphatic heterocycles. The van der Waals surface area contributed by atoms with Crippen LogP contribution in [-0.4, -0.2) is 29.6 Å². The van der Waals surface area contributed by atoms with Crippen LogP contribution in [-0.2, 0) is 10.4 Å². The van der Waals surface area contributed by atoms with Crippen molar-refractivity contribution in [1.82, 2.24) is 0 Å². The van der Waals surface area contributed by atoms with Crippen molar-refractivity contribution in [2.45, 2.75) is 92.5 Å². The highest BCUT2D eigenvalue weighted by Crippen LogP contribution is 2.43. The molecule has 5 nitrogen and oxygen atoms in total. The first-order valence-electron chi connectivity index (χ1n) is 11.5. The molecule has 0 aromatic heterocycles. The first-order valence-corrected chi connectivity index (χ1v) is 11.5. The Morgan fingerprint density at radius 3 is 1.80 bits per heavy atom. The zero-order valence-electron chi connectivity index (χ0n) is 20.2. The van der Waals surface area contributed by atoms with Gasteiger partial charge in [0.15, 0.2) is 0 Å². The number of benzene rings is 1. The third-order valence-corrected chi connectivity index (χ3v) is 6.17. The van der Waals surface area contributed by atoms with E-state index in [9.17, 15) is 9.90 Å². The van der Waals surface area contributed by atoms with Gasteiger partial charge >= 0.3 is 0 Å². The molecule has 172 valence electrons. The van der Waals surface area contributed by atoms with Crippen molar-refractivity contribution in [3.63, 3.8) is 0 Å². The molecule has 0 radical (unpaired) electrons. The van der Waals surface area contributed by atoms with E-state index >= 15 is 0 Å². The van der Waals surface area contributed by atoms with E-state index in [2.05, 4.69) is 13.8 Å². The smallest absolute Gasteiger partial charge is 0.141 e. The molecule has 0 saturated heterocycles. The Kier molecular flexibility index (Phi) is 10.3. The Labute approximate surface area is 183 Å². The summed E-state index contributed by atoms with van der Waals surface area (Å²) in [5.41, 5.74) is 5.09. The number of carbonyl (C=O) groups excluding carboxylic acids is 1. The summed E-state index contributed by atoms with van der Waals surface area (Å²) in [5.74, 6) is 0.335. The van der Waals surface area contributed by atoms with E-state index in [0.717, 1.165) is 12.8 Å². The molecule has 0 heterocycles. The van der Waals surface area contributed by atoms with Crippen LogP contribution in [0.5, 0.6) is 11.5 Å². The van der Waals surface area contributed by atoms with Gasteiger partial charge < -0.3 is 20.3 Å². The van der Waals surface area contributed by atoms with Crippen molar-refractivity contribution in [3.05, 3.63) is 23.8 Å². The highest BCUT2D eigenvalue weighted by Gasteiger charge is 2.45. The summed E-state index contributed by atoms with van der Waals surface area (Å²) in [5, 5.41) is 12.0. The minimum atomic E-state index is -1.37. The van der Waals surface area contributed by atoms with Gasteiger partial charge in [-0.2, -0.15) is 0 Å². The Morgan fingerprint density at radius 2 is 1.43 bits per heavy atom. The molecule has 1 aromatic carbocycles. The van der Waals surface area contributed by atoms with Gasteiger partial charge in [-0.1, -0.05) is 41.5 Å². The highest BCUT2D eigenvalue weighted by atomic mass is 16.5. The summed E-state index contributed by atoms with van der Waals surface area (Å²) in [6.07, 6.45) is 2.38. The maximum absolute atomic E-state index is 12.9. The fraction of sp³-hybridized carbons (Fsp3) is 0.720. The normalized spacial score (nSPS) is 17.7. The number of ketones is 1. The Morgan fingerprint density at radius 1 is 0.967 bits per heavy atom. The van der Waals surface area contributed by atoms with Crippen LogP contribution in [0.15, 0.2) is 18.2 Å². The molecular weight excluding hydrogens is 378 g/mol. The number of hydrogen-bond donors (Lipinski definition) is 2. The molecule has 1 rings (SSSR count). The molecule has 0 fully saturated rings. The molecule has 30 heavy (non-hydrogen) atoms. The number of aliphatic hydroxyl groups is 1. The maximum Gasteiger partial charge on any atom is 0.141 e. The number of rotatable bonds is 13. The van der Waals surface area contributed by atoms with Crippen molar-refractivity contribution in [3.8, 4) is 11.5 Å². The van der Waals surface area contributed by atoms with Crippen molar-refractivity contribution >= 4 is 5.78 Å². The van der Waals surface area contributed by atoms with Gasteiger partial charge in [-0.05, 0) is 63.3 Å². The molecule has 0 bridgehead atoms. The van der Waals surface area contributed by atoms with Crippen molar-refractivity contribution < 1.29 is 19.4 Å². The van der Waals surface area contributed by atoms with Crippen LogP contribution in [0.1, 0.15) is 80.2 Å². The Hall–Kier alpha value is -1.59.